The summed E-state index contributed by atoms with van der Waals surface area (Å²) in [6.45, 7) is 24.4. The van der Waals surface area contributed by atoms with Crippen molar-refractivity contribution >= 4 is 26.3 Å². The van der Waals surface area contributed by atoms with Crippen molar-refractivity contribution in [2.24, 2.45) is 17.8 Å². The van der Waals surface area contributed by atoms with E-state index in [4.69, 9.17) is 23.4 Å². The van der Waals surface area contributed by atoms with Crippen LogP contribution >= 0.6 is 0 Å². The van der Waals surface area contributed by atoms with Gasteiger partial charge >= 0.3 is 12.1 Å². The number of benzene rings is 1. The van der Waals surface area contributed by atoms with Crippen LogP contribution in [0, 0.1) is 17.8 Å². The number of rotatable bonds is 14. The van der Waals surface area contributed by atoms with Crippen LogP contribution < -0.4 is 4.74 Å². The second-order valence-corrected chi connectivity index (χ2v) is 21.2. The van der Waals surface area contributed by atoms with Gasteiger partial charge in [-0.3, -0.25) is 9.59 Å². The van der Waals surface area contributed by atoms with Crippen molar-refractivity contribution in [1.82, 2.24) is 9.80 Å². The second-order valence-electron chi connectivity index (χ2n) is 16.4. The summed E-state index contributed by atoms with van der Waals surface area (Å²) in [6.07, 6.45) is 3.01. The molecule has 1 aromatic rings. The number of carbonyl (C=O) groups is 3. The van der Waals surface area contributed by atoms with Gasteiger partial charge in [0.05, 0.1) is 19.8 Å². The van der Waals surface area contributed by atoms with E-state index in [2.05, 4.69) is 40.4 Å². The molecule has 2 amide bonds. The molecule has 1 aromatic carbocycles. The summed E-state index contributed by atoms with van der Waals surface area (Å²) in [6, 6.07) is 7.29. The molecule has 3 aliphatic rings. The van der Waals surface area contributed by atoms with E-state index >= 15 is 0 Å². The van der Waals surface area contributed by atoms with Gasteiger partial charge in [0.2, 0.25) is 5.91 Å². The quantitative estimate of drug-likeness (QED) is 0.0887. The first-order valence-corrected chi connectivity index (χ1v) is 20.7. The van der Waals surface area contributed by atoms with E-state index in [1.165, 1.54) is 6.92 Å². The number of esters is 1. The number of amides is 2. The largest absolute Gasteiger partial charge is 0.497 e. The molecule has 4 rings (SSSR count). The van der Waals surface area contributed by atoms with Crippen molar-refractivity contribution in [2.45, 2.75) is 122 Å². The molecular formula is C38H60N2O8Si. The fourth-order valence-electron chi connectivity index (χ4n) is 7.87. The summed E-state index contributed by atoms with van der Waals surface area (Å²) in [5.74, 6) is -0.176. The van der Waals surface area contributed by atoms with Crippen molar-refractivity contribution in [2.75, 3.05) is 33.4 Å². The van der Waals surface area contributed by atoms with Crippen LogP contribution in [0.1, 0.15) is 79.7 Å². The Morgan fingerprint density at radius 1 is 1.10 bits per heavy atom. The number of piperidine rings is 1. The van der Waals surface area contributed by atoms with Crippen LogP contribution in [0.15, 0.2) is 36.9 Å². The van der Waals surface area contributed by atoms with Crippen LogP contribution in [-0.4, -0.2) is 92.8 Å². The van der Waals surface area contributed by atoms with Crippen molar-refractivity contribution < 1.29 is 37.8 Å². The van der Waals surface area contributed by atoms with E-state index in [1.54, 1.807) is 18.1 Å². The molecule has 0 aromatic heterocycles. The van der Waals surface area contributed by atoms with Gasteiger partial charge in [-0.2, -0.15) is 0 Å². The van der Waals surface area contributed by atoms with Crippen molar-refractivity contribution in [3.63, 3.8) is 0 Å². The third kappa shape index (κ3) is 8.20. The van der Waals surface area contributed by atoms with Gasteiger partial charge in [0.25, 0.3) is 0 Å². The molecule has 0 N–H and O–H groups in total. The third-order valence-corrected chi connectivity index (χ3v) is 15.5. The number of carbonyl (C=O) groups excluding carboxylic acids is 3. The first-order chi connectivity index (χ1) is 22.9. The molecule has 2 saturated heterocycles. The normalized spacial score (nSPS) is 26.0. The molecule has 10 nitrogen and oxygen atoms in total. The minimum absolute atomic E-state index is 0.0169. The van der Waals surface area contributed by atoms with Gasteiger partial charge in [0, 0.05) is 51.0 Å². The lowest BCUT2D eigenvalue weighted by Crippen LogP contribution is -2.76. The summed E-state index contributed by atoms with van der Waals surface area (Å²) < 4.78 is 30.1. The highest BCUT2D eigenvalue weighted by Crippen LogP contribution is 2.59. The Balaban J connectivity index is 1.66. The molecule has 49 heavy (non-hydrogen) atoms. The maximum absolute atomic E-state index is 14.6. The molecule has 274 valence electrons. The Bertz CT molecular complexity index is 1340. The van der Waals surface area contributed by atoms with E-state index in [1.807, 2.05) is 49.9 Å². The van der Waals surface area contributed by atoms with Crippen molar-refractivity contribution in [1.29, 1.82) is 0 Å². The zero-order valence-corrected chi connectivity index (χ0v) is 32.5. The van der Waals surface area contributed by atoms with Crippen LogP contribution in [0.5, 0.6) is 5.75 Å². The summed E-state index contributed by atoms with van der Waals surface area (Å²) in [7, 11) is -0.541. The van der Waals surface area contributed by atoms with Gasteiger partial charge in [0.1, 0.15) is 23.0 Å². The van der Waals surface area contributed by atoms with Gasteiger partial charge < -0.3 is 33.2 Å². The second kappa shape index (κ2) is 15.1. The molecule has 1 saturated carbocycles. The van der Waals surface area contributed by atoms with Gasteiger partial charge in [0.15, 0.2) is 8.32 Å². The Morgan fingerprint density at radius 2 is 1.78 bits per heavy atom. The molecule has 2 aliphatic heterocycles. The number of likely N-dealkylation sites (tertiary alicyclic amines) is 2. The van der Waals surface area contributed by atoms with Crippen molar-refractivity contribution in [3.05, 3.63) is 42.5 Å². The van der Waals surface area contributed by atoms with Gasteiger partial charge in [-0.25, -0.2) is 4.79 Å². The van der Waals surface area contributed by atoms with Gasteiger partial charge in [-0.05, 0) is 88.4 Å². The molecule has 0 radical (unpaired) electrons. The SMILES string of the molecule is C=C[C@@H](OC(C)=O)[C@@]12[C@@H]3CCN(C(=O)OC(C)(C)C)[C@@H]1[C@H](CO[Si](C)(C)C(C)(C)C)CC3C(=O)N2CCCCOCc1ccc(OC)cc1. The molecule has 4 bridgehead atoms. The zero-order chi connectivity index (χ0) is 36.4. The van der Waals surface area contributed by atoms with E-state index < -0.39 is 43.7 Å². The summed E-state index contributed by atoms with van der Waals surface area (Å²) in [4.78, 5) is 45.0. The number of ether oxygens (including phenoxy) is 4. The number of methoxy groups -OCH3 is 1. The van der Waals surface area contributed by atoms with E-state index in [9.17, 15) is 14.4 Å². The minimum Gasteiger partial charge on any atom is -0.497 e. The lowest BCUT2D eigenvalue weighted by Gasteiger charge is -2.61. The molecule has 6 atom stereocenters. The number of hydrogen-bond donors (Lipinski definition) is 0. The predicted octanol–water partition coefficient (Wildman–Crippen LogP) is 6.97. The first-order valence-electron chi connectivity index (χ1n) is 17.8. The average molecular weight is 701 g/mol. The van der Waals surface area contributed by atoms with Gasteiger partial charge in [-0.1, -0.05) is 39.5 Å². The minimum atomic E-state index is -2.18. The van der Waals surface area contributed by atoms with Gasteiger partial charge in [-0.15, -0.1) is 0 Å². The maximum Gasteiger partial charge on any atom is 0.410 e. The maximum atomic E-state index is 14.6. The van der Waals surface area contributed by atoms with E-state index in [0.717, 1.165) is 17.7 Å². The van der Waals surface area contributed by atoms with Crippen LogP contribution in [0.4, 0.5) is 4.79 Å². The first kappa shape index (κ1) is 38.9. The lowest BCUT2D eigenvalue weighted by atomic mass is 9.57. The van der Waals surface area contributed by atoms with Crippen LogP contribution in [0.25, 0.3) is 0 Å². The highest BCUT2D eigenvalue weighted by atomic mass is 28.4. The molecule has 3 fully saturated rings. The monoisotopic (exact) mass is 700 g/mol. The number of nitrogens with zero attached hydrogens (tertiary/aromatic N) is 2. The van der Waals surface area contributed by atoms with Crippen LogP contribution in [-0.2, 0) is 34.8 Å². The fraction of sp³-hybridized carbons (Fsp3) is 0.711. The number of hydrogen-bond acceptors (Lipinski definition) is 8. The molecule has 1 unspecified atom stereocenters. The topological polar surface area (TPSA) is 104 Å². The van der Waals surface area contributed by atoms with E-state index in [0.29, 0.717) is 52.2 Å². The molecule has 11 heteroatoms. The summed E-state index contributed by atoms with van der Waals surface area (Å²) in [5, 5.41) is -0.0169. The smallest absolute Gasteiger partial charge is 0.410 e. The number of unbranched alkanes of at least 4 members (excludes halogenated alkanes) is 1. The Hall–Kier alpha value is -2.89. The van der Waals surface area contributed by atoms with Crippen LogP contribution in [0.3, 0.4) is 0 Å². The third-order valence-electron chi connectivity index (χ3n) is 11.0. The Morgan fingerprint density at radius 3 is 2.35 bits per heavy atom. The Labute approximate surface area is 294 Å². The zero-order valence-electron chi connectivity index (χ0n) is 31.5. The van der Waals surface area contributed by atoms with Crippen molar-refractivity contribution in [3.8, 4) is 5.75 Å². The highest BCUT2D eigenvalue weighted by molar-refractivity contribution is 6.74. The van der Waals surface area contributed by atoms with E-state index in [-0.39, 0.29) is 28.7 Å². The lowest BCUT2D eigenvalue weighted by molar-refractivity contribution is -0.172. The van der Waals surface area contributed by atoms with Crippen LogP contribution in [0.2, 0.25) is 18.1 Å². The Kier molecular flexibility index (Phi) is 12.0. The highest BCUT2D eigenvalue weighted by Gasteiger charge is 2.73. The molecule has 0 spiro atoms. The predicted molar refractivity (Wildman–Crippen MR) is 192 cm³/mol. The standard InChI is InChI=1S/C38H60N2O8Si/c1-12-32(47-26(2)41)38-31-19-21-39(35(43)48-36(3,4)5)33(38)28(25-46-49(10,11)37(6,7)8)23-30(31)34(42)40(38)20-13-14-22-45-24-27-15-17-29(44-9)18-16-27/h12,15-18,28,30-33H,1,13-14,19-25H2,2-11H3/t28-,30?,31+,32+,33+,38-/m0/s1. The fourth-order valence-corrected chi connectivity index (χ4v) is 8.93. The summed E-state index contributed by atoms with van der Waals surface area (Å²) in [5.41, 5.74) is -0.663. The molecule has 2 heterocycles. The molecule has 1 aliphatic carbocycles. The average Bonchev–Trinajstić information content (AvgIpc) is 3.17. The summed E-state index contributed by atoms with van der Waals surface area (Å²) >= 11 is 0. The molecular weight excluding hydrogens is 641 g/mol.